The lowest BCUT2D eigenvalue weighted by Gasteiger charge is -2.00. The van der Waals surface area contributed by atoms with E-state index in [9.17, 15) is 4.39 Å². The molecule has 500 valence electrons. The van der Waals surface area contributed by atoms with Crippen molar-refractivity contribution in [2.45, 2.75) is 132 Å². The van der Waals surface area contributed by atoms with Gasteiger partial charge in [-0.2, -0.15) is 15.3 Å². The maximum absolute atomic E-state index is 12.5. The summed E-state index contributed by atoms with van der Waals surface area (Å²) < 4.78 is 16.3. The second-order valence-electron chi connectivity index (χ2n) is 24.3. The van der Waals surface area contributed by atoms with E-state index in [0.717, 1.165) is 32.8 Å². The fourth-order valence-corrected chi connectivity index (χ4v) is 9.80. The third-order valence-corrected chi connectivity index (χ3v) is 18.1. The van der Waals surface area contributed by atoms with Crippen LogP contribution < -0.4 is 0 Å². The predicted molar refractivity (Wildman–Crippen MR) is 410 cm³/mol. The summed E-state index contributed by atoms with van der Waals surface area (Å²) in [5.74, 6) is -0.248. The highest BCUT2D eigenvalue weighted by atomic mass is 35.5. The number of fused-ring (bicyclic) bond motifs is 4. The van der Waals surface area contributed by atoms with Crippen molar-refractivity contribution >= 4 is 66.9 Å². The Balaban J connectivity index is 0.000000194. The quantitative estimate of drug-likeness (QED) is 0.157. The minimum atomic E-state index is -0.248. The molecule has 0 aliphatic heterocycles. The lowest BCUT2D eigenvalue weighted by molar-refractivity contribution is 0.618. The molecule has 14 aromatic rings. The van der Waals surface area contributed by atoms with Gasteiger partial charge in [-0.25, -0.2) is 9.37 Å². The predicted octanol–water partition coefficient (Wildman–Crippen LogP) is 23.1. The third kappa shape index (κ3) is 23.2. The molecule has 5 heterocycles. The molecule has 0 saturated carbocycles. The van der Waals surface area contributed by atoms with Gasteiger partial charge in [-0.1, -0.05) is 144 Å². The first-order valence-electron chi connectivity index (χ1n) is 32.2. The number of H-pyrrole nitrogens is 2. The molecule has 2 N–H and O–H groups in total. The number of rotatable bonds is 0. The first-order valence-corrected chi connectivity index (χ1v) is 33.0. The van der Waals surface area contributed by atoms with Crippen LogP contribution in [-0.4, -0.2) is 44.7 Å². The van der Waals surface area contributed by atoms with Crippen LogP contribution in [-0.2, 0) is 14.1 Å². The topological polar surface area (TPSA) is 106 Å². The Hall–Kier alpha value is -9.48. The van der Waals surface area contributed by atoms with Gasteiger partial charge in [0.2, 0.25) is 0 Å². The van der Waals surface area contributed by atoms with Crippen LogP contribution in [0.3, 0.4) is 0 Å². The zero-order chi connectivity index (χ0) is 70.8. The number of hydrogen-bond donors (Lipinski definition) is 2. The summed E-state index contributed by atoms with van der Waals surface area (Å²) in [5.41, 5.74) is 30.0. The molecule has 96 heavy (non-hydrogen) atoms. The average molecular weight is 1320 g/mol. The van der Waals surface area contributed by atoms with Gasteiger partial charge in [0.25, 0.3) is 0 Å². The summed E-state index contributed by atoms with van der Waals surface area (Å²) in [6.07, 6.45) is 9.25. The van der Waals surface area contributed by atoms with Crippen molar-refractivity contribution in [3.8, 4) is 0 Å². The van der Waals surface area contributed by atoms with Gasteiger partial charge < -0.3 is 4.98 Å². The monoisotopic (exact) mass is 1320 g/mol. The van der Waals surface area contributed by atoms with Crippen LogP contribution in [0.4, 0.5) is 4.39 Å². The molecule has 12 heteroatoms. The zero-order valence-corrected chi connectivity index (χ0v) is 61.8. The van der Waals surface area contributed by atoms with Crippen molar-refractivity contribution in [2.24, 2.45) is 14.1 Å². The normalized spacial score (nSPS) is 10.1. The highest BCUT2D eigenvalue weighted by Crippen LogP contribution is 2.23. The van der Waals surface area contributed by atoms with Crippen molar-refractivity contribution in [3.05, 3.63) is 323 Å². The molecule has 0 aliphatic carbocycles. The lowest BCUT2D eigenvalue weighted by Crippen LogP contribution is -1.89. The molecule has 9 nitrogen and oxygen atoms in total. The molecule has 0 radical (unpaired) electrons. The van der Waals surface area contributed by atoms with Gasteiger partial charge >= 0.3 is 0 Å². The maximum atomic E-state index is 12.5. The van der Waals surface area contributed by atoms with Gasteiger partial charge in [0.05, 0.1) is 52.5 Å². The molecule has 14 rings (SSSR count). The van der Waals surface area contributed by atoms with Gasteiger partial charge in [0.15, 0.2) is 0 Å². The third-order valence-electron chi connectivity index (χ3n) is 17.3. The van der Waals surface area contributed by atoms with Crippen molar-refractivity contribution in [3.63, 3.8) is 0 Å². The number of nitrogens with one attached hydrogen (secondary N) is 2. The van der Waals surface area contributed by atoms with Crippen molar-refractivity contribution in [1.29, 1.82) is 0 Å². The van der Waals surface area contributed by atoms with E-state index >= 15 is 0 Å². The van der Waals surface area contributed by atoms with Crippen LogP contribution in [0.15, 0.2) is 201 Å². The van der Waals surface area contributed by atoms with E-state index in [-0.39, 0.29) is 5.82 Å². The van der Waals surface area contributed by atoms with Crippen molar-refractivity contribution < 1.29 is 4.39 Å². The van der Waals surface area contributed by atoms with Gasteiger partial charge in [0, 0.05) is 57.8 Å². The Labute approximate surface area is 580 Å². The van der Waals surface area contributed by atoms with E-state index in [0.29, 0.717) is 10.6 Å². The zero-order valence-electron chi connectivity index (χ0n) is 60.3. The van der Waals surface area contributed by atoms with Gasteiger partial charge in [-0.15, -0.1) is 0 Å². The number of halogens is 3. The average Bonchev–Trinajstić information content (AvgIpc) is 1.67. The van der Waals surface area contributed by atoms with E-state index < -0.39 is 0 Å². The summed E-state index contributed by atoms with van der Waals surface area (Å²) in [4.78, 5) is 11.3. The number of pyridine rings is 1. The van der Waals surface area contributed by atoms with E-state index in [4.69, 9.17) is 23.2 Å². The molecule has 0 aliphatic rings. The summed E-state index contributed by atoms with van der Waals surface area (Å²) in [5, 5.41) is 20.4. The molecule has 5 aromatic heterocycles. The number of aromatic amines is 2. The summed E-state index contributed by atoms with van der Waals surface area (Å²) in [6, 6.07) is 56.4. The number of nitrogens with zero attached hydrogens (tertiary/aromatic N) is 7. The van der Waals surface area contributed by atoms with Gasteiger partial charge in [0.1, 0.15) is 5.82 Å². The smallest absolute Gasteiger partial charge is 0.127 e. The van der Waals surface area contributed by atoms with Crippen LogP contribution in [0.2, 0.25) is 10.0 Å². The molecule has 0 amide bonds. The summed E-state index contributed by atoms with van der Waals surface area (Å²) >= 11 is 11.3. The van der Waals surface area contributed by atoms with Crippen LogP contribution >= 0.6 is 23.2 Å². The van der Waals surface area contributed by atoms with Gasteiger partial charge in [-0.05, 0) is 275 Å². The maximum Gasteiger partial charge on any atom is 0.127 e. The minimum Gasteiger partial charge on any atom is -0.345 e. The van der Waals surface area contributed by atoms with Crippen LogP contribution in [0.25, 0.3) is 43.7 Å². The Morgan fingerprint density at radius 3 is 1.23 bits per heavy atom. The van der Waals surface area contributed by atoms with E-state index in [1.165, 1.54) is 122 Å². The first kappa shape index (κ1) is 77.2. The highest BCUT2D eigenvalue weighted by Gasteiger charge is 2.06. The molecule has 0 fully saturated rings. The van der Waals surface area contributed by atoms with Crippen LogP contribution in [0.1, 0.15) is 106 Å². The largest absolute Gasteiger partial charge is 0.345 e. The van der Waals surface area contributed by atoms with Crippen LogP contribution in [0.5, 0.6) is 0 Å². The van der Waals surface area contributed by atoms with E-state index in [1.807, 2.05) is 98.4 Å². The molecule has 0 saturated heterocycles. The molecule has 0 unspecified atom stereocenters. The minimum absolute atomic E-state index is 0.248. The highest BCUT2D eigenvalue weighted by molar-refractivity contribution is 6.31. The Bertz CT molecular complexity index is 4390. The lowest BCUT2D eigenvalue weighted by atomic mass is 10.1. The standard InChI is InChI=1S/2C10H12N2.2C9H10N2.2C9H12.C8H10.C7H6ClF.C7H7Cl.C6H7N/c2*1-7-4-5-10-9(8(7)2)6-11-12(10)3;1-6-3-4-9-8(7(6)2)5-10-11-9;1-6-3-4-8-9(7(6)2)11-5-10-8;1-7-4-5-8(2)9(3)6-7;1-7-5-4-6-8(2)9(7)3;1-7-5-3-4-6-8(7)2;1-5-6(8)3-2-4-7(5)9;1-6-4-2-3-5-7(6)8;1-6-4-2-3-5-7-6/h2*4-6H,1-3H3;2*3-5H,1-2H3,(H,10,11);2*4-6H,1-3H3;3-6H,1-2H3;2-4H,1H3;2-5H,1H3;2-5H,1H3. The number of aromatic nitrogens is 9. The van der Waals surface area contributed by atoms with Crippen molar-refractivity contribution in [2.75, 3.05) is 0 Å². The number of aryl methyl sites for hydroxylation is 19. The van der Waals surface area contributed by atoms with E-state index in [1.54, 1.807) is 31.6 Å². The molecular weight excluding hydrogens is 1220 g/mol. The first-order chi connectivity index (χ1) is 45.6. The van der Waals surface area contributed by atoms with Crippen molar-refractivity contribution in [1.82, 2.24) is 44.7 Å². The number of imidazole rings is 1. The molecule has 0 atom stereocenters. The summed E-state index contributed by atoms with van der Waals surface area (Å²) in [7, 11) is 3.94. The fraction of sp³-hybridized carbons (Fsp3) is 0.250. The molecule has 9 aromatic carbocycles. The Morgan fingerprint density at radius 2 is 0.792 bits per heavy atom. The molecular formula is C84H98Cl2FN9. The second kappa shape index (κ2) is 38.2. The van der Waals surface area contributed by atoms with Crippen LogP contribution in [0, 0.1) is 137 Å². The molecule has 0 spiro atoms. The molecule has 0 bridgehead atoms. The Morgan fingerprint density at radius 1 is 0.354 bits per heavy atom. The second-order valence-corrected chi connectivity index (χ2v) is 25.1. The SMILES string of the molecule is Cc1c(F)cccc1Cl.Cc1ccc(C)c(C)c1.Cc1ccc2[nH]cnc2c1C.Cc1ccc2[nH]ncc2c1C.Cc1ccc2c(cnn2C)c1C.Cc1ccc2c(cnn2C)c1C.Cc1cccc(C)c1C.Cc1ccccc1C.Cc1ccccc1Cl.Cc1ccccn1. The Kier molecular flexibility index (Phi) is 30.7. The number of benzene rings is 9. The van der Waals surface area contributed by atoms with E-state index in [2.05, 4.69) is 255 Å². The van der Waals surface area contributed by atoms with Gasteiger partial charge in [-0.3, -0.25) is 19.4 Å². The number of hydrogen-bond acceptors (Lipinski definition) is 5. The fourth-order valence-electron chi connectivity index (χ4n) is 9.50. The summed E-state index contributed by atoms with van der Waals surface area (Å²) in [6.45, 7) is 39.6.